The maximum atomic E-state index is 5.93. The van der Waals surface area contributed by atoms with Crippen molar-refractivity contribution >= 4 is 5.96 Å². The van der Waals surface area contributed by atoms with Crippen LogP contribution in [0.5, 0.6) is 5.88 Å². The molecule has 0 atom stereocenters. The van der Waals surface area contributed by atoms with Gasteiger partial charge in [0.25, 0.3) is 0 Å². The summed E-state index contributed by atoms with van der Waals surface area (Å²) in [5.74, 6) is 1.50. The first kappa shape index (κ1) is 20.2. The lowest BCUT2D eigenvalue weighted by molar-refractivity contribution is 0.201. The Morgan fingerprint density at radius 3 is 2.64 bits per heavy atom. The summed E-state index contributed by atoms with van der Waals surface area (Å²) in [6.45, 7) is 8.26. The number of hydrogen-bond donors (Lipinski definition) is 2. The Kier molecular flexibility index (Phi) is 6.90. The van der Waals surface area contributed by atoms with Crippen LogP contribution in [0.2, 0.25) is 0 Å². The Balaban J connectivity index is 1.57. The minimum Gasteiger partial charge on any atom is -0.474 e. The van der Waals surface area contributed by atoms with E-state index in [1.54, 1.807) is 0 Å². The van der Waals surface area contributed by atoms with Crippen LogP contribution in [0.1, 0.15) is 55.1 Å². The number of guanidine groups is 1. The zero-order chi connectivity index (χ0) is 19.9. The van der Waals surface area contributed by atoms with E-state index in [9.17, 15) is 0 Å². The van der Waals surface area contributed by atoms with Gasteiger partial charge in [0.1, 0.15) is 6.10 Å². The van der Waals surface area contributed by atoms with E-state index < -0.39 is 0 Å². The Bertz CT molecular complexity index is 790. The standard InChI is InChI=1S/C21H32N6O/c1-5-22-21(25-14-19-15(2)26-27(4)16(19)3)24-13-17-10-11-20(23-12-17)28-18-8-6-7-9-18/h10-12,18H,5-9,13-14H2,1-4H3,(H2,22,24,25). The maximum Gasteiger partial charge on any atom is 0.213 e. The number of hydrogen-bond acceptors (Lipinski definition) is 4. The van der Waals surface area contributed by atoms with E-state index in [0.29, 0.717) is 25.1 Å². The first-order valence-electron chi connectivity index (χ1n) is 10.2. The van der Waals surface area contributed by atoms with Crippen LogP contribution in [0.25, 0.3) is 0 Å². The smallest absolute Gasteiger partial charge is 0.213 e. The third kappa shape index (κ3) is 5.24. The topological polar surface area (TPSA) is 76.4 Å². The summed E-state index contributed by atoms with van der Waals surface area (Å²) in [5.41, 5.74) is 4.49. The first-order chi connectivity index (χ1) is 13.6. The van der Waals surface area contributed by atoms with Crippen LogP contribution in [0.15, 0.2) is 23.3 Å². The van der Waals surface area contributed by atoms with Crippen molar-refractivity contribution in [3.63, 3.8) is 0 Å². The van der Waals surface area contributed by atoms with E-state index in [0.717, 1.165) is 36.6 Å². The number of rotatable bonds is 7. The lowest BCUT2D eigenvalue weighted by Crippen LogP contribution is -2.37. The molecule has 0 aromatic carbocycles. The number of pyridine rings is 1. The first-order valence-corrected chi connectivity index (χ1v) is 10.2. The van der Waals surface area contributed by atoms with Gasteiger partial charge in [-0.15, -0.1) is 0 Å². The van der Waals surface area contributed by atoms with Crippen molar-refractivity contribution in [1.29, 1.82) is 0 Å². The summed E-state index contributed by atoms with van der Waals surface area (Å²) in [6, 6.07) is 3.99. The lowest BCUT2D eigenvalue weighted by Gasteiger charge is -2.13. The van der Waals surface area contributed by atoms with Crippen LogP contribution in [0.4, 0.5) is 0 Å². The van der Waals surface area contributed by atoms with Gasteiger partial charge in [-0.1, -0.05) is 6.07 Å². The highest BCUT2D eigenvalue weighted by atomic mass is 16.5. The van der Waals surface area contributed by atoms with Crippen molar-refractivity contribution in [3.8, 4) is 5.88 Å². The van der Waals surface area contributed by atoms with Gasteiger partial charge in [0.2, 0.25) is 5.88 Å². The van der Waals surface area contributed by atoms with Gasteiger partial charge >= 0.3 is 0 Å². The predicted octanol–water partition coefficient (Wildman–Crippen LogP) is 3.01. The monoisotopic (exact) mass is 384 g/mol. The van der Waals surface area contributed by atoms with Crippen LogP contribution in [0.3, 0.4) is 0 Å². The Morgan fingerprint density at radius 1 is 1.25 bits per heavy atom. The van der Waals surface area contributed by atoms with Crippen molar-refractivity contribution in [3.05, 3.63) is 40.8 Å². The molecule has 152 valence electrons. The fraction of sp³-hybridized carbons (Fsp3) is 0.571. The Morgan fingerprint density at radius 2 is 2.04 bits per heavy atom. The molecule has 1 aliphatic carbocycles. The molecule has 2 heterocycles. The third-order valence-electron chi connectivity index (χ3n) is 5.24. The minimum atomic E-state index is 0.334. The summed E-state index contributed by atoms with van der Waals surface area (Å²) >= 11 is 0. The molecule has 1 fully saturated rings. The molecule has 0 spiro atoms. The summed E-state index contributed by atoms with van der Waals surface area (Å²) in [5, 5.41) is 11.2. The summed E-state index contributed by atoms with van der Waals surface area (Å²) < 4.78 is 7.84. The van der Waals surface area contributed by atoms with Gasteiger partial charge in [-0.3, -0.25) is 4.68 Å². The second-order valence-electron chi connectivity index (χ2n) is 7.35. The largest absolute Gasteiger partial charge is 0.474 e. The van der Waals surface area contributed by atoms with Gasteiger partial charge in [-0.05, 0) is 52.0 Å². The van der Waals surface area contributed by atoms with E-state index in [2.05, 4.69) is 39.6 Å². The zero-order valence-corrected chi connectivity index (χ0v) is 17.5. The predicted molar refractivity (Wildman–Crippen MR) is 111 cm³/mol. The number of aromatic nitrogens is 3. The van der Waals surface area contributed by atoms with Crippen LogP contribution in [0, 0.1) is 13.8 Å². The number of nitrogens with zero attached hydrogens (tertiary/aromatic N) is 4. The van der Waals surface area contributed by atoms with Crippen LogP contribution in [-0.4, -0.2) is 33.4 Å². The normalized spacial score (nSPS) is 15.1. The molecule has 1 saturated carbocycles. The lowest BCUT2D eigenvalue weighted by atomic mass is 10.2. The molecule has 0 amide bonds. The van der Waals surface area contributed by atoms with Gasteiger partial charge in [0, 0.05) is 43.7 Å². The SMILES string of the molecule is CCNC(=NCc1ccc(OC2CCCC2)nc1)NCc1c(C)nn(C)c1C. The molecule has 0 saturated heterocycles. The zero-order valence-electron chi connectivity index (χ0n) is 17.5. The molecule has 0 radical (unpaired) electrons. The molecule has 2 N–H and O–H groups in total. The molecular weight excluding hydrogens is 352 g/mol. The number of aliphatic imine (C=N–C) groups is 1. The molecule has 3 rings (SSSR count). The van der Waals surface area contributed by atoms with Crippen molar-refractivity contribution in [2.75, 3.05) is 6.54 Å². The van der Waals surface area contributed by atoms with Gasteiger partial charge in [0.15, 0.2) is 5.96 Å². The van der Waals surface area contributed by atoms with Crippen molar-refractivity contribution < 1.29 is 4.74 Å². The molecule has 28 heavy (non-hydrogen) atoms. The second kappa shape index (κ2) is 9.57. The molecular formula is C21H32N6O. The van der Waals surface area contributed by atoms with Gasteiger partial charge < -0.3 is 15.4 Å². The quantitative estimate of drug-likeness (QED) is 0.567. The number of nitrogens with one attached hydrogen (secondary N) is 2. The fourth-order valence-electron chi connectivity index (χ4n) is 3.51. The summed E-state index contributed by atoms with van der Waals surface area (Å²) in [4.78, 5) is 9.13. The van der Waals surface area contributed by atoms with E-state index in [1.807, 2.05) is 37.0 Å². The molecule has 0 aliphatic heterocycles. The van der Waals surface area contributed by atoms with Crippen molar-refractivity contribution in [2.45, 2.75) is 65.6 Å². The molecule has 1 aliphatic rings. The van der Waals surface area contributed by atoms with Crippen LogP contribution in [-0.2, 0) is 20.1 Å². The summed E-state index contributed by atoms with van der Waals surface area (Å²) in [7, 11) is 1.97. The number of ether oxygens (including phenoxy) is 1. The molecule has 7 heteroatoms. The fourth-order valence-corrected chi connectivity index (χ4v) is 3.51. The maximum absolute atomic E-state index is 5.93. The van der Waals surface area contributed by atoms with Gasteiger partial charge in [-0.25, -0.2) is 9.98 Å². The van der Waals surface area contributed by atoms with Crippen molar-refractivity contribution in [2.24, 2.45) is 12.0 Å². The molecule has 2 aromatic rings. The minimum absolute atomic E-state index is 0.334. The van der Waals surface area contributed by atoms with Gasteiger partial charge in [-0.2, -0.15) is 5.10 Å². The highest BCUT2D eigenvalue weighted by molar-refractivity contribution is 5.79. The average Bonchev–Trinajstić information content (AvgIpc) is 3.27. The highest BCUT2D eigenvalue weighted by Gasteiger charge is 2.16. The van der Waals surface area contributed by atoms with Gasteiger partial charge in [0.05, 0.1) is 12.2 Å². The van der Waals surface area contributed by atoms with E-state index in [1.165, 1.54) is 24.1 Å². The highest BCUT2D eigenvalue weighted by Crippen LogP contribution is 2.22. The molecule has 0 bridgehead atoms. The molecule has 0 unspecified atom stereocenters. The molecule has 2 aromatic heterocycles. The summed E-state index contributed by atoms with van der Waals surface area (Å²) in [6.07, 6.45) is 6.99. The van der Waals surface area contributed by atoms with Crippen LogP contribution < -0.4 is 15.4 Å². The van der Waals surface area contributed by atoms with E-state index >= 15 is 0 Å². The number of aryl methyl sites for hydroxylation is 2. The molecule has 7 nitrogen and oxygen atoms in total. The van der Waals surface area contributed by atoms with Crippen molar-refractivity contribution in [1.82, 2.24) is 25.4 Å². The Labute approximate surface area is 167 Å². The second-order valence-corrected chi connectivity index (χ2v) is 7.35. The van der Waals surface area contributed by atoms with E-state index in [4.69, 9.17) is 4.74 Å². The average molecular weight is 385 g/mol. The van der Waals surface area contributed by atoms with Crippen LogP contribution >= 0.6 is 0 Å². The van der Waals surface area contributed by atoms with E-state index in [-0.39, 0.29) is 0 Å². The third-order valence-corrected chi connectivity index (χ3v) is 5.24. The Hall–Kier alpha value is -2.57.